The Morgan fingerprint density at radius 3 is 2.57 bits per heavy atom. The van der Waals surface area contributed by atoms with Crippen LogP contribution < -0.4 is 14.8 Å². The number of amides is 1. The van der Waals surface area contributed by atoms with E-state index in [0.29, 0.717) is 0 Å². The molecule has 5 atom stereocenters. The van der Waals surface area contributed by atoms with Crippen LogP contribution in [0.3, 0.4) is 0 Å². The van der Waals surface area contributed by atoms with Gasteiger partial charge in [0.15, 0.2) is 17.2 Å². The fourth-order valence-electron chi connectivity index (χ4n) is 4.05. The Morgan fingerprint density at radius 2 is 1.97 bits per heavy atom. The Labute approximate surface area is 201 Å². The number of benzene rings is 1. The molecule has 1 fully saturated rings. The molecule has 2 N–H and O–H groups in total. The highest BCUT2D eigenvalue weighted by Crippen LogP contribution is 2.55. The van der Waals surface area contributed by atoms with E-state index in [2.05, 4.69) is 15.0 Å². The molecule has 0 aliphatic carbocycles. The van der Waals surface area contributed by atoms with Crippen LogP contribution in [0.15, 0.2) is 30.5 Å². The van der Waals surface area contributed by atoms with E-state index in [-0.39, 0.29) is 23.7 Å². The second kappa shape index (κ2) is 10.1. The van der Waals surface area contributed by atoms with Crippen molar-refractivity contribution in [2.45, 2.75) is 44.6 Å². The number of halogens is 5. The third kappa shape index (κ3) is 5.25. The molecule has 2 aromatic rings. The molecule has 0 saturated carbocycles. The maximum Gasteiger partial charge on any atom is 0.417 e. The van der Waals surface area contributed by atoms with Crippen molar-refractivity contribution in [3.8, 4) is 5.75 Å². The SMILES string of the molecule is CCOc1c([C@H]2[C@H](C(=O)Nc3ccnc(NS(C)=O)c3)O[C@@](C)(C(F)(F)F)[C@H]2C)ccc(F)c1F. The quantitative estimate of drug-likeness (QED) is 0.523. The van der Waals surface area contributed by atoms with Crippen molar-refractivity contribution in [3.63, 3.8) is 0 Å². The Hall–Kier alpha value is -2.80. The number of aromatic nitrogens is 1. The number of nitrogens with one attached hydrogen (secondary N) is 2. The minimum absolute atomic E-state index is 0.0890. The summed E-state index contributed by atoms with van der Waals surface area (Å²) in [6, 6.07) is 4.57. The summed E-state index contributed by atoms with van der Waals surface area (Å²) >= 11 is 0. The standard InChI is InChI=1S/C22H24F5N3O4S/c1-5-33-18-13(6-7-14(23)17(18)24)16-11(2)21(3,22(25,26)27)34-19(16)20(31)29-12-8-9-28-15(10-12)30-35(4)32/h6-11,16,19H,5H2,1-4H3,(H2,28,29,30,31)/t11-,16-,19+,21+,35?/m0/s1. The first kappa shape index (κ1) is 26.8. The van der Waals surface area contributed by atoms with E-state index in [4.69, 9.17) is 9.47 Å². The number of hydrogen-bond donors (Lipinski definition) is 2. The van der Waals surface area contributed by atoms with Crippen molar-refractivity contribution in [2.75, 3.05) is 22.9 Å². The molecule has 1 aromatic carbocycles. The molecule has 1 amide bonds. The van der Waals surface area contributed by atoms with Gasteiger partial charge in [0.05, 0.1) is 6.61 Å². The van der Waals surface area contributed by atoms with Gasteiger partial charge in [0.25, 0.3) is 5.91 Å². The summed E-state index contributed by atoms with van der Waals surface area (Å²) < 4.78 is 95.1. The molecule has 1 saturated heterocycles. The lowest BCUT2D eigenvalue weighted by Crippen LogP contribution is -2.47. The van der Waals surface area contributed by atoms with Gasteiger partial charge in [-0.05, 0) is 26.0 Å². The zero-order valence-corrected chi connectivity index (χ0v) is 20.0. The minimum Gasteiger partial charge on any atom is -0.490 e. The van der Waals surface area contributed by atoms with Gasteiger partial charge in [0, 0.05) is 41.6 Å². The van der Waals surface area contributed by atoms with E-state index in [1.807, 2.05) is 0 Å². The molecule has 2 heterocycles. The minimum atomic E-state index is -4.87. The molecule has 0 spiro atoms. The van der Waals surface area contributed by atoms with Gasteiger partial charge in [-0.3, -0.25) is 9.52 Å². The monoisotopic (exact) mass is 521 g/mol. The van der Waals surface area contributed by atoms with Crippen LogP contribution in [-0.4, -0.2) is 45.8 Å². The van der Waals surface area contributed by atoms with Crippen molar-refractivity contribution < 1.29 is 40.4 Å². The fraction of sp³-hybridized carbons (Fsp3) is 0.455. The van der Waals surface area contributed by atoms with Crippen molar-refractivity contribution in [3.05, 3.63) is 47.7 Å². The second-order valence-electron chi connectivity index (χ2n) is 8.15. The van der Waals surface area contributed by atoms with Gasteiger partial charge in [-0.25, -0.2) is 13.6 Å². The molecule has 1 unspecified atom stereocenters. The van der Waals surface area contributed by atoms with Crippen LogP contribution in [0.1, 0.15) is 32.3 Å². The molecular formula is C22H24F5N3O4S. The van der Waals surface area contributed by atoms with Gasteiger partial charge in [-0.1, -0.05) is 13.0 Å². The van der Waals surface area contributed by atoms with Gasteiger partial charge >= 0.3 is 6.18 Å². The van der Waals surface area contributed by atoms with Crippen LogP contribution in [0.4, 0.5) is 33.5 Å². The number of ether oxygens (including phenoxy) is 2. The predicted molar refractivity (Wildman–Crippen MR) is 119 cm³/mol. The second-order valence-corrected chi connectivity index (χ2v) is 9.26. The summed E-state index contributed by atoms with van der Waals surface area (Å²) in [5.41, 5.74) is -2.74. The van der Waals surface area contributed by atoms with Gasteiger partial charge in [0.1, 0.15) is 22.9 Å². The van der Waals surface area contributed by atoms with Crippen molar-refractivity contribution in [1.29, 1.82) is 0 Å². The number of carbonyl (C=O) groups excluding carboxylic acids is 1. The Kier molecular flexibility index (Phi) is 7.70. The zero-order chi connectivity index (χ0) is 26.1. The van der Waals surface area contributed by atoms with Crippen LogP contribution in [0.2, 0.25) is 0 Å². The van der Waals surface area contributed by atoms with Gasteiger partial charge in [-0.2, -0.15) is 17.6 Å². The first-order valence-corrected chi connectivity index (χ1v) is 12.1. The van der Waals surface area contributed by atoms with Crippen molar-refractivity contribution >= 4 is 28.4 Å². The molecule has 1 aliphatic rings. The van der Waals surface area contributed by atoms with E-state index in [1.165, 1.54) is 38.4 Å². The Bertz CT molecular complexity index is 1130. The van der Waals surface area contributed by atoms with E-state index in [9.17, 15) is 31.0 Å². The summed E-state index contributed by atoms with van der Waals surface area (Å²) in [4.78, 5) is 17.1. The summed E-state index contributed by atoms with van der Waals surface area (Å²) in [6.45, 7) is 3.45. The maximum atomic E-state index is 14.6. The molecule has 3 rings (SSSR count). The highest BCUT2D eigenvalue weighted by atomic mass is 32.2. The van der Waals surface area contributed by atoms with E-state index in [1.54, 1.807) is 0 Å². The number of pyridine rings is 1. The molecule has 7 nitrogen and oxygen atoms in total. The highest BCUT2D eigenvalue weighted by Gasteiger charge is 2.65. The zero-order valence-electron chi connectivity index (χ0n) is 19.2. The molecule has 1 aliphatic heterocycles. The first-order valence-electron chi connectivity index (χ1n) is 10.5. The van der Waals surface area contributed by atoms with E-state index < -0.39 is 64.0 Å². The summed E-state index contributed by atoms with van der Waals surface area (Å²) in [5.74, 6) is -6.68. The third-order valence-corrected chi connectivity index (χ3v) is 6.43. The number of anilines is 2. The summed E-state index contributed by atoms with van der Waals surface area (Å²) in [7, 11) is -1.46. The van der Waals surface area contributed by atoms with E-state index in [0.717, 1.165) is 19.1 Å². The number of nitrogens with zero attached hydrogens (tertiary/aromatic N) is 1. The summed E-state index contributed by atoms with van der Waals surface area (Å²) in [5, 5.41) is 2.47. The van der Waals surface area contributed by atoms with Gasteiger partial charge < -0.3 is 14.8 Å². The lowest BCUT2D eigenvalue weighted by molar-refractivity contribution is -0.272. The highest BCUT2D eigenvalue weighted by molar-refractivity contribution is 7.85. The van der Waals surface area contributed by atoms with Crippen LogP contribution in [0, 0.1) is 17.6 Å². The number of alkyl halides is 3. The van der Waals surface area contributed by atoms with Crippen LogP contribution in [0.5, 0.6) is 5.75 Å². The Balaban J connectivity index is 2.05. The predicted octanol–water partition coefficient (Wildman–Crippen LogP) is 4.54. The van der Waals surface area contributed by atoms with Gasteiger partial charge in [-0.15, -0.1) is 0 Å². The molecule has 35 heavy (non-hydrogen) atoms. The van der Waals surface area contributed by atoms with E-state index >= 15 is 0 Å². The van der Waals surface area contributed by atoms with Crippen LogP contribution >= 0.6 is 0 Å². The number of carbonyl (C=O) groups is 1. The number of rotatable bonds is 7. The first-order chi connectivity index (χ1) is 16.3. The Morgan fingerprint density at radius 1 is 1.29 bits per heavy atom. The largest absolute Gasteiger partial charge is 0.490 e. The topological polar surface area (TPSA) is 89.5 Å². The summed E-state index contributed by atoms with van der Waals surface area (Å²) in [6.07, 6.45) is -3.95. The molecule has 0 bridgehead atoms. The fourth-order valence-corrected chi connectivity index (χ4v) is 4.45. The maximum absolute atomic E-state index is 14.6. The third-order valence-electron chi connectivity index (χ3n) is 5.93. The number of hydrogen-bond acceptors (Lipinski definition) is 5. The van der Waals surface area contributed by atoms with Crippen molar-refractivity contribution in [2.24, 2.45) is 5.92 Å². The average molecular weight is 522 g/mol. The molecule has 13 heteroatoms. The van der Waals surface area contributed by atoms with Crippen LogP contribution in [0.25, 0.3) is 0 Å². The molecule has 0 radical (unpaired) electrons. The van der Waals surface area contributed by atoms with Crippen LogP contribution in [-0.2, 0) is 20.5 Å². The normalized spacial score (nSPS) is 25.2. The smallest absolute Gasteiger partial charge is 0.417 e. The lowest BCUT2D eigenvalue weighted by atomic mass is 9.77. The lowest BCUT2D eigenvalue weighted by Gasteiger charge is -2.32. The molecule has 1 aromatic heterocycles. The average Bonchev–Trinajstić information content (AvgIpc) is 3.04. The molecular weight excluding hydrogens is 497 g/mol. The molecule has 192 valence electrons. The van der Waals surface area contributed by atoms with Crippen molar-refractivity contribution in [1.82, 2.24) is 4.98 Å². The van der Waals surface area contributed by atoms with Gasteiger partial charge in [0.2, 0.25) is 5.82 Å².